The van der Waals surface area contributed by atoms with E-state index < -0.39 is 0 Å². The number of rotatable bonds is 6. The maximum Gasteiger partial charge on any atom is 0.0753 e. The first kappa shape index (κ1) is 13.9. The lowest BCUT2D eigenvalue weighted by atomic mass is 10.1. The van der Waals surface area contributed by atoms with E-state index in [-0.39, 0.29) is 5.60 Å². The number of hydrogen-bond acceptors (Lipinski definition) is 3. The summed E-state index contributed by atoms with van der Waals surface area (Å²) in [6.07, 6.45) is 1.27. The van der Waals surface area contributed by atoms with E-state index >= 15 is 0 Å². The molecule has 0 atom stereocenters. The molecule has 0 amide bonds. The molecule has 1 saturated heterocycles. The Morgan fingerprint density at radius 2 is 2.06 bits per heavy atom. The molecule has 1 rings (SSSR count). The minimum absolute atomic E-state index is 0.0379. The van der Waals surface area contributed by atoms with E-state index in [4.69, 9.17) is 4.74 Å². The quantitative estimate of drug-likeness (QED) is 0.701. The third-order valence-corrected chi connectivity index (χ3v) is 3.01. The summed E-state index contributed by atoms with van der Waals surface area (Å²) in [7, 11) is 0. The van der Waals surface area contributed by atoms with E-state index in [0.717, 1.165) is 45.2 Å². The summed E-state index contributed by atoms with van der Waals surface area (Å²) >= 11 is 0. The van der Waals surface area contributed by atoms with E-state index in [1.165, 1.54) is 6.42 Å². The number of nitrogens with zero attached hydrogens (tertiary/aromatic N) is 1. The zero-order valence-electron chi connectivity index (χ0n) is 11.4. The second-order valence-corrected chi connectivity index (χ2v) is 5.82. The first-order valence-corrected chi connectivity index (χ1v) is 6.57. The summed E-state index contributed by atoms with van der Waals surface area (Å²) in [6.45, 7) is 15.3. The lowest BCUT2D eigenvalue weighted by Crippen LogP contribution is -2.49. The topological polar surface area (TPSA) is 24.5 Å². The van der Waals surface area contributed by atoms with Crippen LogP contribution < -0.4 is 5.32 Å². The van der Waals surface area contributed by atoms with Crippen molar-refractivity contribution in [3.63, 3.8) is 0 Å². The van der Waals surface area contributed by atoms with Crippen molar-refractivity contribution in [2.45, 2.75) is 39.7 Å². The average Bonchev–Trinajstić information content (AvgIpc) is 2.15. The third kappa shape index (κ3) is 5.83. The van der Waals surface area contributed by atoms with E-state index in [9.17, 15) is 0 Å². The fourth-order valence-electron chi connectivity index (χ4n) is 2.06. The minimum Gasteiger partial charge on any atom is -0.373 e. The van der Waals surface area contributed by atoms with Gasteiger partial charge in [0.1, 0.15) is 0 Å². The lowest BCUT2D eigenvalue weighted by molar-refractivity contribution is -0.0854. The molecule has 1 aliphatic heterocycles. The number of morpholine rings is 1. The van der Waals surface area contributed by atoms with Crippen LogP contribution in [0.2, 0.25) is 0 Å². The summed E-state index contributed by atoms with van der Waals surface area (Å²) in [5, 5.41) is 3.51. The molecule has 1 N–H and O–H groups in total. The Hall–Kier alpha value is -0.120. The first-order chi connectivity index (χ1) is 7.49. The molecule has 0 saturated carbocycles. The Balaban J connectivity index is 2.04. The second kappa shape index (κ2) is 6.58. The maximum absolute atomic E-state index is 5.69. The van der Waals surface area contributed by atoms with Gasteiger partial charge in [-0.3, -0.25) is 4.90 Å². The van der Waals surface area contributed by atoms with Crippen LogP contribution in [0.1, 0.15) is 34.1 Å². The van der Waals surface area contributed by atoms with Crippen molar-refractivity contribution in [1.82, 2.24) is 10.2 Å². The van der Waals surface area contributed by atoms with Gasteiger partial charge in [0.25, 0.3) is 0 Å². The van der Waals surface area contributed by atoms with Crippen LogP contribution in [0.4, 0.5) is 0 Å². The predicted octanol–water partition coefficient (Wildman–Crippen LogP) is 1.73. The van der Waals surface area contributed by atoms with Crippen molar-refractivity contribution in [2.75, 3.05) is 39.3 Å². The molecule has 3 nitrogen and oxygen atoms in total. The molecule has 3 heteroatoms. The van der Waals surface area contributed by atoms with Gasteiger partial charge >= 0.3 is 0 Å². The first-order valence-electron chi connectivity index (χ1n) is 6.57. The van der Waals surface area contributed by atoms with Crippen LogP contribution in [0.5, 0.6) is 0 Å². The van der Waals surface area contributed by atoms with Crippen molar-refractivity contribution in [3.8, 4) is 0 Å². The minimum atomic E-state index is 0.0379. The fraction of sp³-hybridized carbons (Fsp3) is 1.00. The van der Waals surface area contributed by atoms with Gasteiger partial charge in [-0.05, 0) is 32.7 Å². The highest BCUT2D eigenvalue weighted by Gasteiger charge is 2.26. The molecule has 0 aromatic rings. The van der Waals surface area contributed by atoms with Gasteiger partial charge in [0.2, 0.25) is 0 Å². The van der Waals surface area contributed by atoms with Crippen LogP contribution in [0, 0.1) is 5.92 Å². The van der Waals surface area contributed by atoms with Crippen molar-refractivity contribution in [1.29, 1.82) is 0 Å². The Kier molecular flexibility index (Phi) is 5.73. The number of nitrogens with one attached hydrogen (secondary N) is 1. The molecule has 1 heterocycles. The van der Waals surface area contributed by atoms with Gasteiger partial charge in [0, 0.05) is 26.2 Å². The summed E-state index contributed by atoms with van der Waals surface area (Å²) < 4.78 is 5.69. The molecular formula is C13H28N2O. The Labute approximate surface area is 101 Å². The Morgan fingerprint density at radius 1 is 1.31 bits per heavy atom. The Bertz CT molecular complexity index is 192. The highest BCUT2D eigenvalue weighted by atomic mass is 16.5. The fourth-order valence-corrected chi connectivity index (χ4v) is 2.06. The molecule has 1 aliphatic rings. The van der Waals surface area contributed by atoms with Crippen LogP contribution in [0.3, 0.4) is 0 Å². The highest BCUT2D eigenvalue weighted by Crippen LogP contribution is 2.15. The highest BCUT2D eigenvalue weighted by molar-refractivity contribution is 4.79. The van der Waals surface area contributed by atoms with Gasteiger partial charge in [-0.15, -0.1) is 0 Å². The van der Waals surface area contributed by atoms with Crippen molar-refractivity contribution >= 4 is 0 Å². The van der Waals surface area contributed by atoms with Crippen LogP contribution in [0.15, 0.2) is 0 Å². The van der Waals surface area contributed by atoms with Crippen molar-refractivity contribution < 1.29 is 4.74 Å². The van der Waals surface area contributed by atoms with Gasteiger partial charge in [0.15, 0.2) is 0 Å². The SMILES string of the molecule is CC(C)CCNCCN1CCOC(C)(C)C1. The van der Waals surface area contributed by atoms with Crippen LogP contribution in [0.25, 0.3) is 0 Å². The molecule has 16 heavy (non-hydrogen) atoms. The van der Waals surface area contributed by atoms with Gasteiger partial charge in [-0.1, -0.05) is 13.8 Å². The molecule has 0 radical (unpaired) electrons. The van der Waals surface area contributed by atoms with Gasteiger partial charge in [-0.2, -0.15) is 0 Å². The number of ether oxygens (including phenoxy) is 1. The normalized spacial score (nSPS) is 21.6. The summed E-state index contributed by atoms with van der Waals surface area (Å²) in [5.41, 5.74) is 0.0379. The molecule has 96 valence electrons. The largest absolute Gasteiger partial charge is 0.373 e. The molecule has 0 aromatic carbocycles. The molecule has 0 aromatic heterocycles. The molecule has 1 fully saturated rings. The average molecular weight is 228 g/mol. The van der Waals surface area contributed by atoms with E-state index in [0.29, 0.717) is 0 Å². The zero-order valence-corrected chi connectivity index (χ0v) is 11.4. The van der Waals surface area contributed by atoms with E-state index in [2.05, 4.69) is 37.9 Å². The molecule has 0 bridgehead atoms. The summed E-state index contributed by atoms with van der Waals surface area (Å²) in [4.78, 5) is 2.49. The van der Waals surface area contributed by atoms with E-state index in [1.807, 2.05) is 0 Å². The Morgan fingerprint density at radius 3 is 2.69 bits per heavy atom. The van der Waals surface area contributed by atoms with Crippen LogP contribution in [-0.4, -0.2) is 49.8 Å². The van der Waals surface area contributed by atoms with Gasteiger partial charge < -0.3 is 10.1 Å². The van der Waals surface area contributed by atoms with Gasteiger partial charge in [0.05, 0.1) is 12.2 Å². The zero-order chi connectivity index (χ0) is 12.0. The predicted molar refractivity (Wildman–Crippen MR) is 68.8 cm³/mol. The summed E-state index contributed by atoms with van der Waals surface area (Å²) in [5.74, 6) is 0.801. The second-order valence-electron chi connectivity index (χ2n) is 5.82. The third-order valence-electron chi connectivity index (χ3n) is 3.01. The summed E-state index contributed by atoms with van der Waals surface area (Å²) in [6, 6.07) is 0. The van der Waals surface area contributed by atoms with Crippen molar-refractivity contribution in [3.05, 3.63) is 0 Å². The van der Waals surface area contributed by atoms with Gasteiger partial charge in [-0.25, -0.2) is 0 Å². The standard InChI is InChI=1S/C13H28N2O/c1-12(2)5-6-14-7-8-15-9-10-16-13(3,4)11-15/h12,14H,5-11H2,1-4H3. The van der Waals surface area contributed by atoms with Crippen LogP contribution >= 0.6 is 0 Å². The molecule has 0 unspecified atom stereocenters. The number of hydrogen-bond donors (Lipinski definition) is 1. The molecule has 0 spiro atoms. The molecular weight excluding hydrogens is 200 g/mol. The van der Waals surface area contributed by atoms with Crippen molar-refractivity contribution in [2.24, 2.45) is 5.92 Å². The lowest BCUT2D eigenvalue weighted by Gasteiger charge is -2.38. The van der Waals surface area contributed by atoms with E-state index in [1.54, 1.807) is 0 Å². The maximum atomic E-state index is 5.69. The smallest absolute Gasteiger partial charge is 0.0753 e. The van der Waals surface area contributed by atoms with Crippen LogP contribution in [-0.2, 0) is 4.74 Å². The monoisotopic (exact) mass is 228 g/mol. The molecule has 0 aliphatic carbocycles.